The van der Waals surface area contributed by atoms with Crippen LogP contribution < -0.4 is 0 Å². The molecule has 0 atom stereocenters. The van der Waals surface area contributed by atoms with Crippen molar-refractivity contribution in [1.29, 1.82) is 0 Å². The molecular formula is C26H21F3. The van der Waals surface area contributed by atoms with Gasteiger partial charge in [0, 0.05) is 17.0 Å². The molecule has 0 aliphatic carbocycles. The van der Waals surface area contributed by atoms with Gasteiger partial charge in [-0.3, -0.25) is 0 Å². The van der Waals surface area contributed by atoms with E-state index in [1.807, 2.05) is 18.2 Å². The van der Waals surface area contributed by atoms with E-state index in [-0.39, 0.29) is 5.82 Å². The van der Waals surface area contributed by atoms with Crippen LogP contribution in [-0.4, -0.2) is 0 Å². The summed E-state index contributed by atoms with van der Waals surface area (Å²) in [6.07, 6.45) is 3.25. The highest BCUT2D eigenvalue weighted by atomic mass is 19.1. The van der Waals surface area contributed by atoms with E-state index >= 15 is 4.39 Å². The summed E-state index contributed by atoms with van der Waals surface area (Å²) in [6, 6.07) is 20.1. The summed E-state index contributed by atoms with van der Waals surface area (Å²) in [5.74, 6) is -1.50. The Morgan fingerprint density at radius 3 is 2.03 bits per heavy atom. The molecule has 0 heterocycles. The molecule has 0 spiro atoms. The van der Waals surface area contributed by atoms with Crippen molar-refractivity contribution in [3.8, 4) is 22.3 Å². The van der Waals surface area contributed by atoms with Crippen molar-refractivity contribution < 1.29 is 13.2 Å². The molecule has 29 heavy (non-hydrogen) atoms. The van der Waals surface area contributed by atoms with Crippen LogP contribution in [0.2, 0.25) is 0 Å². The Kier molecular flexibility index (Phi) is 5.39. The van der Waals surface area contributed by atoms with E-state index in [2.05, 4.69) is 13.0 Å². The van der Waals surface area contributed by atoms with Crippen molar-refractivity contribution in [2.75, 3.05) is 0 Å². The molecule has 0 aromatic heterocycles. The summed E-state index contributed by atoms with van der Waals surface area (Å²) in [4.78, 5) is 0. The van der Waals surface area contributed by atoms with Crippen LogP contribution in [0.1, 0.15) is 25.3 Å². The first-order valence-electron chi connectivity index (χ1n) is 9.83. The van der Waals surface area contributed by atoms with Crippen LogP contribution in [0.4, 0.5) is 13.2 Å². The fourth-order valence-electron chi connectivity index (χ4n) is 3.66. The standard InChI is InChI=1S/C26H21F3/c1-2-3-4-17-5-11-25-20(13-17)10-12-24(26(25)29)19-8-6-18(7-9-19)21-14-22(27)16-23(28)15-21/h5-16H,2-4H2,1H3. The first-order valence-corrected chi connectivity index (χ1v) is 9.83. The fourth-order valence-corrected chi connectivity index (χ4v) is 3.66. The van der Waals surface area contributed by atoms with Gasteiger partial charge in [0.2, 0.25) is 0 Å². The topological polar surface area (TPSA) is 0 Å². The van der Waals surface area contributed by atoms with Crippen LogP contribution in [-0.2, 0) is 6.42 Å². The average molecular weight is 390 g/mol. The minimum absolute atomic E-state index is 0.255. The van der Waals surface area contributed by atoms with E-state index in [1.165, 1.54) is 17.7 Å². The molecule has 0 radical (unpaired) electrons. The van der Waals surface area contributed by atoms with E-state index in [9.17, 15) is 8.78 Å². The molecule has 146 valence electrons. The number of benzene rings is 4. The highest BCUT2D eigenvalue weighted by Gasteiger charge is 2.11. The van der Waals surface area contributed by atoms with Crippen LogP contribution in [0, 0.1) is 17.5 Å². The van der Waals surface area contributed by atoms with Gasteiger partial charge in [-0.15, -0.1) is 0 Å². The van der Waals surface area contributed by atoms with Crippen LogP contribution in [0.25, 0.3) is 33.0 Å². The fraction of sp³-hybridized carbons (Fsp3) is 0.154. The number of hydrogen-bond donors (Lipinski definition) is 0. The third-order valence-electron chi connectivity index (χ3n) is 5.23. The molecule has 4 rings (SSSR count). The van der Waals surface area contributed by atoms with Gasteiger partial charge in [0.05, 0.1) is 0 Å². The number of aryl methyl sites for hydroxylation is 1. The SMILES string of the molecule is CCCCc1ccc2c(F)c(-c3ccc(-c4cc(F)cc(F)c4)cc3)ccc2c1. The first kappa shape index (κ1) is 19.3. The van der Waals surface area contributed by atoms with Crippen LogP contribution in [0.5, 0.6) is 0 Å². The van der Waals surface area contributed by atoms with Gasteiger partial charge < -0.3 is 0 Å². The van der Waals surface area contributed by atoms with Crippen LogP contribution >= 0.6 is 0 Å². The van der Waals surface area contributed by atoms with Gasteiger partial charge in [0.15, 0.2) is 0 Å². The third kappa shape index (κ3) is 4.04. The van der Waals surface area contributed by atoms with Crippen molar-refractivity contribution in [2.45, 2.75) is 26.2 Å². The molecule has 0 nitrogen and oxygen atoms in total. The normalized spacial score (nSPS) is 11.2. The van der Waals surface area contributed by atoms with E-state index in [0.717, 1.165) is 36.3 Å². The van der Waals surface area contributed by atoms with E-state index in [1.54, 1.807) is 30.3 Å². The molecule has 0 fully saturated rings. The second-order valence-corrected chi connectivity index (χ2v) is 7.32. The molecule has 0 bridgehead atoms. The van der Waals surface area contributed by atoms with Gasteiger partial charge in [0.25, 0.3) is 0 Å². The molecular weight excluding hydrogens is 369 g/mol. The van der Waals surface area contributed by atoms with Crippen LogP contribution in [0.15, 0.2) is 72.8 Å². The maximum Gasteiger partial charge on any atom is 0.138 e. The van der Waals surface area contributed by atoms with Crippen molar-refractivity contribution in [3.05, 3.63) is 95.8 Å². The molecule has 0 amide bonds. The summed E-state index contributed by atoms with van der Waals surface area (Å²) in [5.41, 5.74) is 3.58. The minimum Gasteiger partial charge on any atom is -0.207 e. The number of rotatable bonds is 5. The van der Waals surface area contributed by atoms with Gasteiger partial charge >= 0.3 is 0 Å². The molecule has 4 aromatic rings. The summed E-state index contributed by atoms with van der Waals surface area (Å²) in [5, 5.41) is 1.49. The zero-order chi connectivity index (χ0) is 20.4. The van der Waals surface area contributed by atoms with Crippen LogP contribution in [0.3, 0.4) is 0 Å². The van der Waals surface area contributed by atoms with E-state index < -0.39 is 11.6 Å². The molecule has 0 saturated heterocycles. The van der Waals surface area contributed by atoms with Gasteiger partial charge in [-0.1, -0.05) is 67.9 Å². The molecule has 0 aliphatic heterocycles. The maximum absolute atomic E-state index is 15.2. The minimum atomic E-state index is -0.622. The Hall–Kier alpha value is -3.07. The summed E-state index contributed by atoms with van der Waals surface area (Å²) >= 11 is 0. The molecule has 0 unspecified atom stereocenters. The van der Waals surface area contributed by atoms with Gasteiger partial charge in [0.1, 0.15) is 17.5 Å². The zero-order valence-electron chi connectivity index (χ0n) is 16.2. The number of unbranched alkanes of at least 4 members (excludes halogenated alkanes) is 1. The lowest BCUT2D eigenvalue weighted by Crippen LogP contribution is -1.90. The summed E-state index contributed by atoms with van der Waals surface area (Å²) < 4.78 is 42.1. The number of fused-ring (bicyclic) bond motifs is 1. The Bertz CT molecular complexity index is 1140. The van der Waals surface area contributed by atoms with Gasteiger partial charge in [-0.05, 0) is 52.6 Å². The van der Waals surface area contributed by atoms with E-state index in [4.69, 9.17) is 0 Å². The summed E-state index contributed by atoms with van der Waals surface area (Å²) in [6.45, 7) is 2.16. The van der Waals surface area contributed by atoms with E-state index in [0.29, 0.717) is 22.1 Å². The highest BCUT2D eigenvalue weighted by Crippen LogP contribution is 2.31. The average Bonchev–Trinajstić information content (AvgIpc) is 2.72. The lowest BCUT2D eigenvalue weighted by atomic mass is 9.96. The molecule has 4 aromatic carbocycles. The second kappa shape index (κ2) is 8.12. The predicted octanol–water partition coefficient (Wildman–Crippen LogP) is 7.93. The Morgan fingerprint density at radius 1 is 0.655 bits per heavy atom. The monoisotopic (exact) mass is 390 g/mol. The lowest BCUT2D eigenvalue weighted by Gasteiger charge is -2.10. The zero-order valence-corrected chi connectivity index (χ0v) is 16.2. The molecule has 0 N–H and O–H groups in total. The van der Waals surface area contributed by atoms with Crippen molar-refractivity contribution >= 4 is 10.8 Å². The van der Waals surface area contributed by atoms with Crippen molar-refractivity contribution in [1.82, 2.24) is 0 Å². The number of halogens is 3. The maximum atomic E-state index is 15.2. The Morgan fingerprint density at radius 2 is 1.34 bits per heavy atom. The lowest BCUT2D eigenvalue weighted by molar-refractivity contribution is 0.584. The largest absolute Gasteiger partial charge is 0.207 e. The molecule has 0 aliphatic rings. The van der Waals surface area contributed by atoms with Crippen molar-refractivity contribution in [3.63, 3.8) is 0 Å². The van der Waals surface area contributed by atoms with Gasteiger partial charge in [-0.2, -0.15) is 0 Å². The highest BCUT2D eigenvalue weighted by molar-refractivity contribution is 5.89. The number of hydrogen-bond acceptors (Lipinski definition) is 0. The summed E-state index contributed by atoms with van der Waals surface area (Å²) in [7, 11) is 0. The third-order valence-corrected chi connectivity index (χ3v) is 5.23. The quantitative estimate of drug-likeness (QED) is 0.324. The Labute approximate surface area is 168 Å². The Balaban J connectivity index is 1.68. The predicted molar refractivity (Wildman–Crippen MR) is 113 cm³/mol. The first-order chi connectivity index (χ1) is 14.0. The van der Waals surface area contributed by atoms with Crippen molar-refractivity contribution in [2.24, 2.45) is 0 Å². The van der Waals surface area contributed by atoms with Gasteiger partial charge in [-0.25, -0.2) is 13.2 Å². The second-order valence-electron chi connectivity index (χ2n) is 7.32. The smallest absolute Gasteiger partial charge is 0.138 e. The molecule has 0 saturated carbocycles. The molecule has 3 heteroatoms.